The van der Waals surface area contributed by atoms with Crippen molar-refractivity contribution in [2.75, 3.05) is 5.32 Å². The van der Waals surface area contributed by atoms with Crippen molar-refractivity contribution in [2.45, 2.75) is 13.0 Å². The first kappa shape index (κ1) is 13.6. The number of aryl methyl sites for hydroxylation is 2. The van der Waals surface area contributed by atoms with Gasteiger partial charge in [0, 0.05) is 12.6 Å². The van der Waals surface area contributed by atoms with Crippen LogP contribution in [0.1, 0.15) is 15.2 Å². The number of carbonyl (C=O) groups excluding carboxylic acids is 1. The topological polar surface area (TPSA) is 46.9 Å². The van der Waals surface area contributed by atoms with E-state index in [0.29, 0.717) is 4.88 Å². The first-order chi connectivity index (χ1) is 10.3. The third kappa shape index (κ3) is 3.38. The second kappa shape index (κ2) is 6.37. The van der Waals surface area contributed by atoms with E-state index in [4.69, 9.17) is 0 Å². The Morgan fingerprint density at radius 2 is 2.00 bits per heavy atom. The van der Waals surface area contributed by atoms with Crippen LogP contribution in [0, 0.1) is 0 Å². The van der Waals surface area contributed by atoms with Crippen LogP contribution in [0.2, 0.25) is 0 Å². The molecule has 106 valence electrons. The maximum Gasteiger partial charge on any atom is 0.266 e. The predicted octanol–water partition coefficient (Wildman–Crippen LogP) is 3.44. The van der Waals surface area contributed by atoms with Gasteiger partial charge in [-0.2, -0.15) is 5.10 Å². The fraction of sp³-hybridized carbons (Fsp3) is 0.125. The molecule has 0 bridgehead atoms. The van der Waals surface area contributed by atoms with E-state index < -0.39 is 0 Å². The van der Waals surface area contributed by atoms with Gasteiger partial charge in [-0.25, -0.2) is 4.68 Å². The van der Waals surface area contributed by atoms with E-state index >= 15 is 0 Å². The third-order valence-corrected chi connectivity index (χ3v) is 4.03. The number of thiophene rings is 1. The van der Waals surface area contributed by atoms with Crippen LogP contribution in [-0.2, 0) is 13.0 Å². The van der Waals surface area contributed by atoms with Crippen molar-refractivity contribution in [3.63, 3.8) is 0 Å². The Balaban J connectivity index is 1.65. The van der Waals surface area contributed by atoms with Gasteiger partial charge in [0.2, 0.25) is 0 Å². The minimum atomic E-state index is -0.0912. The molecule has 0 saturated carbocycles. The zero-order valence-corrected chi connectivity index (χ0v) is 12.2. The van der Waals surface area contributed by atoms with Crippen LogP contribution in [0.15, 0.2) is 60.1 Å². The van der Waals surface area contributed by atoms with E-state index in [-0.39, 0.29) is 5.91 Å². The number of aromatic nitrogens is 2. The lowest BCUT2D eigenvalue weighted by Gasteiger charge is -2.08. The summed E-state index contributed by atoms with van der Waals surface area (Å²) in [5.41, 5.74) is 1.25. The normalized spacial score (nSPS) is 10.5. The molecule has 0 aliphatic heterocycles. The van der Waals surface area contributed by atoms with Crippen LogP contribution < -0.4 is 5.32 Å². The van der Waals surface area contributed by atoms with Crippen LogP contribution in [0.4, 0.5) is 5.82 Å². The number of hydrogen-bond acceptors (Lipinski definition) is 3. The van der Waals surface area contributed by atoms with Crippen molar-refractivity contribution in [1.29, 1.82) is 0 Å². The zero-order chi connectivity index (χ0) is 14.5. The van der Waals surface area contributed by atoms with Gasteiger partial charge in [0.15, 0.2) is 0 Å². The summed E-state index contributed by atoms with van der Waals surface area (Å²) in [5, 5.41) is 9.06. The van der Waals surface area contributed by atoms with E-state index in [2.05, 4.69) is 22.5 Å². The Hall–Kier alpha value is -2.40. The highest BCUT2D eigenvalue weighted by atomic mass is 32.1. The summed E-state index contributed by atoms with van der Waals surface area (Å²) in [4.78, 5) is 12.8. The quantitative estimate of drug-likeness (QED) is 0.784. The number of carbonyl (C=O) groups is 1. The minimum absolute atomic E-state index is 0.0912. The highest BCUT2D eigenvalue weighted by Gasteiger charge is 2.10. The molecule has 21 heavy (non-hydrogen) atoms. The molecule has 5 heteroatoms. The number of rotatable bonds is 5. The molecule has 2 aromatic heterocycles. The molecule has 1 N–H and O–H groups in total. The molecule has 0 saturated heterocycles. The first-order valence-electron chi connectivity index (χ1n) is 6.73. The zero-order valence-electron chi connectivity index (χ0n) is 11.4. The maximum absolute atomic E-state index is 12.1. The van der Waals surface area contributed by atoms with E-state index in [0.717, 1.165) is 18.8 Å². The molecule has 0 radical (unpaired) electrons. The second-order valence-electron chi connectivity index (χ2n) is 4.61. The lowest BCUT2D eigenvalue weighted by atomic mass is 10.1. The van der Waals surface area contributed by atoms with Crippen molar-refractivity contribution in [3.05, 3.63) is 70.5 Å². The average Bonchev–Trinajstić information content (AvgIpc) is 3.18. The van der Waals surface area contributed by atoms with Gasteiger partial charge in [-0.05, 0) is 23.4 Å². The standard InChI is InChI=1S/C16H15N3OS/c20-16(14-7-4-12-21-14)18-15-8-10-17-19(15)11-9-13-5-2-1-3-6-13/h1-8,10,12H,9,11H2,(H,18,20). The Morgan fingerprint density at radius 3 is 2.76 bits per heavy atom. The third-order valence-electron chi connectivity index (χ3n) is 3.16. The average molecular weight is 297 g/mol. The number of nitrogens with zero attached hydrogens (tertiary/aromatic N) is 2. The van der Waals surface area contributed by atoms with Gasteiger partial charge in [0.25, 0.3) is 5.91 Å². The van der Waals surface area contributed by atoms with E-state index in [9.17, 15) is 4.79 Å². The Labute approximate surface area is 127 Å². The molecule has 0 fully saturated rings. The molecule has 0 aliphatic carbocycles. The molecule has 3 rings (SSSR count). The molecular formula is C16H15N3OS. The van der Waals surface area contributed by atoms with E-state index in [1.807, 2.05) is 46.5 Å². The summed E-state index contributed by atoms with van der Waals surface area (Å²) in [6.45, 7) is 0.733. The van der Waals surface area contributed by atoms with E-state index in [1.54, 1.807) is 6.20 Å². The number of nitrogens with one attached hydrogen (secondary N) is 1. The smallest absolute Gasteiger partial charge is 0.266 e. The van der Waals surface area contributed by atoms with Gasteiger partial charge in [0.05, 0.1) is 11.1 Å². The summed E-state index contributed by atoms with van der Waals surface area (Å²) in [6.07, 6.45) is 2.58. The monoisotopic (exact) mass is 297 g/mol. The van der Waals surface area contributed by atoms with Gasteiger partial charge in [-0.1, -0.05) is 36.4 Å². The summed E-state index contributed by atoms with van der Waals surface area (Å²) in [7, 11) is 0. The summed E-state index contributed by atoms with van der Waals surface area (Å²) < 4.78 is 1.82. The summed E-state index contributed by atoms with van der Waals surface area (Å²) >= 11 is 1.43. The fourth-order valence-electron chi connectivity index (χ4n) is 2.08. The Bertz CT molecular complexity index is 704. The van der Waals surface area contributed by atoms with Crippen LogP contribution >= 0.6 is 11.3 Å². The van der Waals surface area contributed by atoms with Crippen LogP contribution in [0.3, 0.4) is 0 Å². The first-order valence-corrected chi connectivity index (χ1v) is 7.61. The lowest BCUT2D eigenvalue weighted by molar-refractivity contribution is 0.102. The fourth-order valence-corrected chi connectivity index (χ4v) is 2.70. The Morgan fingerprint density at radius 1 is 1.14 bits per heavy atom. The van der Waals surface area contributed by atoms with Gasteiger partial charge < -0.3 is 5.32 Å². The van der Waals surface area contributed by atoms with Crippen molar-refractivity contribution < 1.29 is 4.79 Å². The highest BCUT2D eigenvalue weighted by Crippen LogP contribution is 2.13. The van der Waals surface area contributed by atoms with Crippen molar-refractivity contribution in [3.8, 4) is 0 Å². The number of amides is 1. The Kier molecular flexibility index (Phi) is 4.12. The van der Waals surface area contributed by atoms with Crippen LogP contribution in [0.25, 0.3) is 0 Å². The SMILES string of the molecule is O=C(Nc1ccnn1CCc1ccccc1)c1cccs1. The number of hydrogen-bond donors (Lipinski definition) is 1. The van der Waals surface area contributed by atoms with Crippen molar-refractivity contribution >= 4 is 23.1 Å². The molecule has 0 aliphatic rings. The molecule has 2 heterocycles. The molecule has 0 unspecified atom stereocenters. The molecule has 3 aromatic rings. The minimum Gasteiger partial charge on any atom is -0.306 e. The van der Waals surface area contributed by atoms with Gasteiger partial charge >= 0.3 is 0 Å². The van der Waals surface area contributed by atoms with Gasteiger partial charge in [-0.3, -0.25) is 4.79 Å². The van der Waals surface area contributed by atoms with Gasteiger partial charge in [-0.15, -0.1) is 11.3 Å². The maximum atomic E-state index is 12.1. The number of anilines is 1. The summed E-state index contributed by atoms with van der Waals surface area (Å²) in [5.74, 6) is 0.635. The highest BCUT2D eigenvalue weighted by molar-refractivity contribution is 7.12. The molecular weight excluding hydrogens is 282 g/mol. The van der Waals surface area contributed by atoms with Crippen LogP contribution in [0.5, 0.6) is 0 Å². The molecule has 1 amide bonds. The lowest BCUT2D eigenvalue weighted by Crippen LogP contribution is -2.15. The van der Waals surface area contributed by atoms with Crippen LogP contribution in [-0.4, -0.2) is 15.7 Å². The molecule has 0 spiro atoms. The predicted molar refractivity (Wildman–Crippen MR) is 84.6 cm³/mol. The molecule has 4 nitrogen and oxygen atoms in total. The number of benzene rings is 1. The molecule has 1 aromatic carbocycles. The van der Waals surface area contributed by atoms with Crippen molar-refractivity contribution in [1.82, 2.24) is 9.78 Å². The van der Waals surface area contributed by atoms with Crippen molar-refractivity contribution in [2.24, 2.45) is 0 Å². The van der Waals surface area contributed by atoms with E-state index in [1.165, 1.54) is 16.9 Å². The van der Waals surface area contributed by atoms with Gasteiger partial charge in [0.1, 0.15) is 5.82 Å². The largest absolute Gasteiger partial charge is 0.306 e. The second-order valence-corrected chi connectivity index (χ2v) is 5.55. The molecule has 0 atom stereocenters. The summed E-state index contributed by atoms with van der Waals surface area (Å²) in [6, 6.07) is 15.7.